The van der Waals surface area contributed by atoms with Crippen LogP contribution in [0.15, 0.2) is 36.5 Å². The lowest BCUT2D eigenvalue weighted by molar-refractivity contribution is 0.207. The predicted molar refractivity (Wildman–Crippen MR) is 88.3 cm³/mol. The SMILES string of the molecule is CCN(Cc1cccc2cccnc12)CC1CCNCC1. The van der Waals surface area contributed by atoms with Gasteiger partial charge in [-0.05, 0) is 50.0 Å². The van der Waals surface area contributed by atoms with Gasteiger partial charge in [0.05, 0.1) is 5.52 Å². The van der Waals surface area contributed by atoms with Crippen LogP contribution in [-0.4, -0.2) is 36.1 Å². The summed E-state index contributed by atoms with van der Waals surface area (Å²) in [5.74, 6) is 0.842. The van der Waals surface area contributed by atoms with E-state index in [9.17, 15) is 0 Å². The van der Waals surface area contributed by atoms with Gasteiger partial charge in [0.15, 0.2) is 0 Å². The number of hydrogen-bond donors (Lipinski definition) is 1. The molecular weight excluding hydrogens is 258 g/mol. The summed E-state index contributed by atoms with van der Waals surface area (Å²) < 4.78 is 0. The fourth-order valence-corrected chi connectivity index (χ4v) is 3.27. The first-order chi connectivity index (χ1) is 10.4. The molecule has 3 heteroatoms. The number of para-hydroxylation sites is 1. The van der Waals surface area contributed by atoms with Gasteiger partial charge in [0.2, 0.25) is 0 Å². The Bertz CT molecular complexity index is 570. The molecule has 21 heavy (non-hydrogen) atoms. The van der Waals surface area contributed by atoms with E-state index in [0.717, 1.165) is 24.5 Å². The molecule has 1 N–H and O–H groups in total. The van der Waals surface area contributed by atoms with Gasteiger partial charge in [-0.15, -0.1) is 0 Å². The standard InChI is InChI=1S/C18H25N3/c1-2-21(13-15-8-11-19-12-9-15)14-17-6-3-5-16-7-4-10-20-18(16)17/h3-7,10,15,19H,2,8-9,11-14H2,1H3. The van der Waals surface area contributed by atoms with E-state index >= 15 is 0 Å². The van der Waals surface area contributed by atoms with Crippen LogP contribution in [0.3, 0.4) is 0 Å². The maximum Gasteiger partial charge on any atom is 0.0746 e. The summed E-state index contributed by atoms with van der Waals surface area (Å²) in [7, 11) is 0. The van der Waals surface area contributed by atoms with Crippen LogP contribution in [0.25, 0.3) is 10.9 Å². The van der Waals surface area contributed by atoms with Crippen molar-refractivity contribution in [1.29, 1.82) is 0 Å². The van der Waals surface area contributed by atoms with Crippen molar-refractivity contribution in [2.45, 2.75) is 26.3 Å². The smallest absolute Gasteiger partial charge is 0.0746 e. The van der Waals surface area contributed by atoms with Crippen molar-refractivity contribution >= 4 is 10.9 Å². The molecule has 112 valence electrons. The van der Waals surface area contributed by atoms with Crippen LogP contribution < -0.4 is 5.32 Å². The monoisotopic (exact) mass is 283 g/mol. The third-order valence-electron chi connectivity index (χ3n) is 4.53. The molecule has 0 atom stereocenters. The number of piperidine rings is 1. The summed E-state index contributed by atoms with van der Waals surface area (Å²) in [5, 5.41) is 4.69. The second-order valence-corrected chi connectivity index (χ2v) is 6.01. The van der Waals surface area contributed by atoms with Crippen molar-refractivity contribution in [3.63, 3.8) is 0 Å². The van der Waals surface area contributed by atoms with E-state index in [4.69, 9.17) is 0 Å². The molecular formula is C18H25N3. The Morgan fingerprint density at radius 3 is 2.81 bits per heavy atom. The Kier molecular flexibility index (Phi) is 4.84. The maximum atomic E-state index is 4.58. The summed E-state index contributed by atoms with van der Waals surface area (Å²) in [4.78, 5) is 7.15. The quantitative estimate of drug-likeness (QED) is 0.914. The van der Waals surface area contributed by atoms with Gasteiger partial charge >= 0.3 is 0 Å². The maximum absolute atomic E-state index is 4.58. The molecule has 1 aromatic heterocycles. The number of nitrogens with one attached hydrogen (secondary N) is 1. The number of fused-ring (bicyclic) bond motifs is 1. The molecule has 0 aliphatic carbocycles. The number of aromatic nitrogens is 1. The fourth-order valence-electron chi connectivity index (χ4n) is 3.27. The second kappa shape index (κ2) is 7.01. The van der Waals surface area contributed by atoms with Crippen molar-refractivity contribution < 1.29 is 0 Å². The molecule has 1 aromatic carbocycles. The summed E-state index contributed by atoms with van der Waals surface area (Å²) in [6.07, 6.45) is 4.52. The van der Waals surface area contributed by atoms with Crippen molar-refractivity contribution in [3.8, 4) is 0 Å². The highest BCUT2D eigenvalue weighted by Crippen LogP contribution is 2.20. The van der Waals surface area contributed by atoms with Crippen LogP contribution in [0.2, 0.25) is 0 Å². The minimum atomic E-state index is 0.842. The molecule has 1 fully saturated rings. The molecule has 2 aromatic rings. The van der Waals surface area contributed by atoms with E-state index in [1.807, 2.05) is 12.3 Å². The van der Waals surface area contributed by atoms with Crippen LogP contribution in [0.4, 0.5) is 0 Å². The van der Waals surface area contributed by atoms with E-state index in [0.29, 0.717) is 0 Å². The molecule has 0 radical (unpaired) electrons. The average Bonchev–Trinajstić information content (AvgIpc) is 2.55. The zero-order valence-corrected chi connectivity index (χ0v) is 12.9. The first-order valence-electron chi connectivity index (χ1n) is 8.12. The number of nitrogens with zero attached hydrogens (tertiary/aromatic N) is 2. The topological polar surface area (TPSA) is 28.2 Å². The third-order valence-corrected chi connectivity index (χ3v) is 4.53. The number of pyridine rings is 1. The highest BCUT2D eigenvalue weighted by atomic mass is 15.1. The summed E-state index contributed by atoms with van der Waals surface area (Å²) in [6, 6.07) is 10.7. The molecule has 0 spiro atoms. The molecule has 1 saturated heterocycles. The molecule has 1 aliphatic heterocycles. The Labute approximate surface area is 127 Å². The Hall–Kier alpha value is -1.45. The van der Waals surface area contributed by atoms with E-state index in [1.165, 1.54) is 43.4 Å². The normalized spacial score (nSPS) is 16.7. The first kappa shape index (κ1) is 14.5. The highest BCUT2D eigenvalue weighted by Gasteiger charge is 2.17. The van der Waals surface area contributed by atoms with Crippen LogP contribution in [0.5, 0.6) is 0 Å². The van der Waals surface area contributed by atoms with Crippen molar-refractivity contribution in [2.75, 3.05) is 26.2 Å². The van der Waals surface area contributed by atoms with Gasteiger partial charge in [0, 0.05) is 24.7 Å². The van der Waals surface area contributed by atoms with Gasteiger partial charge in [-0.2, -0.15) is 0 Å². The lowest BCUT2D eigenvalue weighted by Gasteiger charge is -2.29. The molecule has 0 unspecified atom stereocenters. The van der Waals surface area contributed by atoms with Gasteiger partial charge in [0.1, 0.15) is 0 Å². The third kappa shape index (κ3) is 3.60. The largest absolute Gasteiger partial charge is 0.317 e. The Morgan fingerprint density at radius 2 is 2.00 bits per heavy atom. The van der Waals surface area contributed by atoms with Gasteiger partial charge in [-0.1, -0.05) is 31.2 Å². The highest BCUT2D eigenvalue weighted by molar-refractivity contribution is 5.81. The summed E-state index contributed by atoms with van der Waals surface area (Å²) in [6.45, 7) is 7.94. The lowest BCUT2D eigenvalue weighted by atomic mass is 9.97. The molecule has 0 bridgehead atoms. The molecule has 2 heterocycles. The number of benzene rings is 1. The van der Waals surface area contributed by atoms with Gasteiger partial charge in [-0.25, -0.2) is 0 Å². The van der Waals surface area contributed by atoms with Crippen LogP contribution in [0.1, 0.15) is 25.3 Å². The minimum absolute atomic E-state index is 0.842. The summed E-state index contributed by atoms with van der Waals surface area (Å²) in [5.41, 5.74) is 2.51. The van der Waals surface area contributed by atoms with Gasteiger partial charge in [0.25, 0.3) is 0 Å². The first-order valence-corrected chi connectivity index (χ1v) is 8.12. The van der Waals surface area contributed by atoms with E-state index < -0.39 is 0 Å². The van der Waals surface area contributed by atoms with Gasteiger partial charge in [-0.3, -0.25) is 9.88 Å². The van der Waals surface area contributed by atoms with E-state index in [-0.39, 0.29) is 0 Å². The number of hydrogen-bond acceptors (Lipinski definition) is 3. The van der Waals surface area contributed by atoms with E-state index in [1.54, 1.807) is 0 Å². The van der Waals surface area contributed by atoms with Crippen LogP contribution in [-0.2, 0) is 6.54 Å². The van der Waals surface area contributed by atoms with Gasteiger partial charge < -0.3 is 5.32 Å². The van der Waals surface area contributed by atoms with Crippen molar-refractivity contribution in [1.82, 2.24) is 15.2 Å². The summed E-state index contributed by atoms with van der Waals surface area (Å²) >= 11 is 0. The second-order valence-electron chi connectivity index (χ2n) is 6.01. The molecule has 0 saturated carbocycles. The lowest BCUT2D eigenvalue weighted by Crippen LogP contribution is -2.35. The fraction of sp³-hybridized carbons (Fsp3) is 0.500. The molecule has 3 nitrogen and oxygen atoms in total. The Balaban J connectivity index is 1.72. The molecule has 1 aliphatic rings. The van der Waals surface area contributed by atoms with Crippen molar-refractivity contribution in [3.05, 3.63) is 42.1 Å². The Morgan fingerprint density at radius 1 is 1.19 bits per heavy atom. The molecule has 3 rings (SSSR count). The zero-order chi connectivity index (χ0) is 14.5. The van der Waals surface area contributed by atoms with Crippen molar-refractivity contribution in [2.24, 2.45) is 5.92 Å². The zero-order valence-electron chi connectivity index (χ0n) is 12.9. The van der Waals surface area contributed by atoms with Crippen LogP contribution >= 0.6 is 0 Å². The van der Waals surface area contributed by atoms with E-state index in [2.05, 4.69) is 46.4 Å². The minimum Gasteiger partial charge on any atom is -0.317 e. The predicted octanol–water partition coefficient (Wildman–Crippen LogP) is 3.06. The average molecular weight is 283 g/mol. The molecule has 0 amide bonds. The van der Waals surface area contributed by atoms with Crippen LogP contribution in [0, 0.1) is 5.92 Å². The number of rotatable bonds is 5.